The molecule has 92 valence electrons. The number of rotatable bonds is 1. The second-order valence-electron chi connectivity index (χ2n) is 5.52. The predicted octanol–water partition coefficient (Wildman–Crippen LogP) is 1.78. The third-order valence-corrected chi connectivity index (χ3v) is 4.01. The van der Waals surface area contributed by atoms with Crippen LogP contribution in [0.1, 0.15) is 46.0 Å². The number of carbonyl (C=O) groups excluding carboxylic acids is 1. The van der Waals surface area contributed by atoms with Gasteiger partial charge in [0.15, 0.2) is 0 Å². The van der Waals surface area contributed by atoms with Crippen LogP contribution in [0.2, 0.25) is 0 Å². The van der Waals surface area contributed by atoms with E-state index in [1.807, 2.05) is 0 Å². The topological polar surface area (TPSA) is 32.3 Å². The molecular formula is C13H24N2O. The van der Waals surface area contributed by atoms with Gasteiger partial charge in [-0.1, -0.05) is 13.3 Å². The number of amides is 1. The third-order valence-electron chi connectivity index (χ3n) is 4.01. The molecule has 2 aliphatic heterocycles. The zero-order valence-electron chi connectivity index (χ0n) is 10.5. The van der Waals surface area contributed by atoms with Gasteiger partial charge in [0, 0.05) is 12.6 Å². The first-order valence-electron chi connectivity index (χ1n) is 6.72. The van der Waals surface area contributed by atoms with E-state index in [9.17, 15) is 4.79 Å². The van der Waals surface area contributed by atoms with Crippen LogP contribution in [-0.4, -0.2) is 36.0 Å². The lowest BCUT2D eigenvalue weighted by Gasteiger charge is -2.39. The van der Waals surface area contributed by atoms with Crippen molar-refractivity contribution >= 4 is 5.91 Å². The Morgan fingerprint density at radius 2 is 2.00 bits per heavy atom. The number of likely N-dealkylation sites (tertiary alicyclic amines) is 1. The fraction of sp³-hybridized carbons (Fsp3) is 0.923. The molecule has 0 saturated carbocycles. The summed E-state index contributed by atoms with van der Waals surface area (Å²) in [6, 6.07) is 0.536. The van der Waals surface area contributed by atoms with Gasteiger partial charge in [-0.3, -0.25) is 4.79 Å². The molecule has 1 amide bonds. The summed E-state index contributed by atoms with van der Waals surface area (Å²) in [4.78, 5) is 14.5. The van der Waals surface area contributed by atoms with Gasteiger partial charge >= 0.3 is 0 Å². The van der Waals surface area contributed by atoms with E-state index in [1.54, 1.807) is 0 Å². The van der Waals surface area contributed by atoms with Crippen LogP contribution in [0.4, 0.5) is 0 Å². The van der Waals surface area contributed by atoms with Crippen molar-refractivity contribution in [1.82, 2.24) is 10.2 Å². The summed E-state index contributed by atoms with van der Waals surface area (Å²) < 4.78 is 0. The molecule has 2 heterocycles. The lowest BCUT2D eigenvalue weighted by atomic mass is 9.93. The number of nitrogens with zero attached hydrogens (tertiary/aromatic N) is 1. The Labute approximate surface area is 98.6 Å². The van der Waals surface area contributed by atoms with E-state index in [2.05, 4.69) is 24.1 Å². The summed E-state index contributed by atoms with van der Waals surface area (Å²) in [5, 5.41) is 3.36. The largest absolute Gasteiger partial charge is 0.338 e. The lowest BCUT2D eigenvalue weighted by molar-refractivity contribution is -0.138. The quantitative estimate of drug-likeness (QED) is 0.736. The van der Waals surface area contributed by atoms with Crippen molar-refractivity contribution in [1.29, 1.82) is 0 Å². The fourth-order valence-corrected chi connectivity index (χ4v) is 2.86. The second-order valence-corrected chi connectivity index (χ2v) is 5.52. The van der Waals surface area contributed by atoms with Gasteiger partial charge in [-0.05, 0) is 45.1 Å². The normalized spacial score (nSPS) is 36.1. The Morgan fingerprint density at radius 3 is 2.69 bits per heavy atom. The molecule has 3 unspecified atom stereocenters. The van der Waals surface area contributed by atoms with E-state index in [1.165, 1.54) is 25.7 Å². The summed E-state index contributed by atoms with van der Waals surface area (Å²) in [6.07, 6.45) is 5.87. The molecule has 3 atom stereocenters. The molecule has 3 heteroatoms. The van der Waals surface area contributed by atoms with Crippen LogP contribution in [0, 0.1) is 5.92 Å². The second kappa shape index (κ2) is 5.17. The van der Waals surface area contributed by atoms with Crippen LogP contribution >= 0.6 is 0 Å². The maximum atomic E-state index is 12.4. The summed E-state index contributed by atoms with van der Waals surface area (Å²) in [5.41, 5.74) is 0. The molecule has 0 spiro atoms. The molecule has 0 aromatic rings. The minimum atomic E-state index is 0.0986. The van der Waals surface area contributed by atoms with E-state index >= 15 is 0 Å². The number of nitrogens with one attached hydrogen (secondary N) is 1. The Hall–Kier alpha value is -0.570. The number of hydrogen-bond acceptors (Lipinski definition) is 2. The van der Waals surface area contributed by atoms with Crippen LogP contribution in [0.25, 0.3) is 0 Å². The molecule has 0 aromatic heterocycles. The van der Waals surface area contributed by atoms with E-state index in [0.29, 0.717) is 17.9 Å². The molecule has 0 aliphatic carbocycles. The highest BCUT2D eigenvalue weighted by Gasteiger charge is 2.31. The first-order valence-corrected chi connectivity index (χ1v) is 6.72. The molecular weight excluding hydrogens is 200 g/mol. The molecule has 2 saturated heterocycles. The molecule has 1 N–H and O–H groups in total. The maximum absolute atomic E-state index is 12.4. The molecule has 0 radical (unpaired) electrons. The van der Waals surface area contributed by atoms with Crippen molar-refractivity contribution in [2.45, 2.75) is 58.0 Å². The van der Waals surface area contributed by atoms with Gasteiger partial charge in [0.2, 0.25) is 5.91 Å². The highest BCUT2D eigenvalue weighted by atomic mass is 16.2. The van der Waals surface area contributed by atoms with Gasteiger partial charge in [0.1, 0.15) is 0 Å². The SMILES string of the molecule is CC1CCC(C)N(C(=O)C2CCCCN2)C1. The zero-order valence-corrected chi connectivity index (χ0v) is 10.5. The van der Waals surface area contributed by atoms with Crippen molar-refractivity contribution in [3.63, 3.8) is 0 Å². The minimum absolute atomic E-state index is 0.0986. The first kappa shape index (κ1) is 11.9. The monoisotopic (exact) mass is 224 g/mol. The Kier molecular flexibility index (Phi) is 3.85. The standard InChI is InChI=1S/C13H24N2O/c1-10-6-7-11(2)15(9-10)13(16)12-5-3-4-8-14-12/h10-12,14H,3-9H2,1-2H3. The van der Waals surface area contributed by atoms with Crippen molar-refractivity contribution < 1.29 is 4.79 Å². The van der Waals surface area contributed by atoms with Gasteiger partial charge in [-0.15, -0.1) is 0 Å². The van der Waals surface area contributed by atoms with E-state index in [4.69, 9.17) is 0 Å². The predicted molar refractivity (Wildman–Crippen MR) is 65.2 cm³/mol. The van der Waals surface area contributed by atoms with Crippen LogP contribution < -0.4 is 5.32 Å². The highest BCUT2D eigenvalue weighted by Crippen LogP contribution is 2.23. The minimum Gasteiger partial charge on any atom is -0.338 e. The van der Waals surface area contributed by atoms with Gasteiger partial charge in [0.25, 0.3) is 0 Å². The summed E-state index contributed by atoms with van der Waals surface area (Å²) >= 11 is 0. The van der Waals surface area contributed by atoms with Crippen molar-refractivity contribution in [3.8, 4) is 0 Å². The molecule has 2 rings (SSSR count). The fourth-order valence-electron chi connectivity index (χ4n) is 2.86. The van der Waals surface area contributed by atoms with Crippen molar-refractivity contribution in [2.75, 3.05) is 13.1 Å². The van der Waals surface area contributed by atoms with E-state index in [0.717, 1.165) is 19.5 Å². The molecule has 16 heavy (non-hydrogen) atoms. The first-order chi connectivity index (χ1) is 7.68. The Bertz CT molecular complexity index is 248. The Balaban J connectivity index is 1.96. The summed E-state index contributed by atoms with van der Waals surface area (Å²) in [6.45, 7) is 6.40. The molecule has 2 fully saturated rings. The zero-order chi connectivity index (χ0) is 11.5. The van der Waals surface area contributed by atoms with Gasteiger partial charge in [-0.2, -0.15) is 0 Å². The number of carbonyl (C=O) groups is 1. The van der Waals surface area contributed by atoms with Gasteiger partial charge < -0.3 is 10.2 Å². The van der Waals surface area contributed by atoms with Gasteiger partial charge in [-0.25, -0.2) is 0 Å². The van der Waals surface area contributed by atoms with E-state index in [-0.39, 0.29) is 6.04 Å². The molecule has 3 nitrogen and oxygen atoms in total. The average Bonchev–Trinajstić information content (AvgIpc) is 2.32. The highest BCUT2D eigenvalue weighted by molar-refractivity contribution is 5.82. The molecule has 0 aromatic carbocycles. The maximum Gasteiger partial charge on any atom is 0.239 e. The lowest BCUT2D eigenvalue weighted by Crippen LogP contribution is -2.54. The molecule has 0 bridgehead atoms. The smallest absolute Gasteiger partial charge is 0.239 e. The Morgan fingerprint density at radius 1 is 1.19 bits per heavy atom. The van der Waals surface area contributed by atoms with Crippen LogP contribution in [-0.2, 0) is 4.79 Å². The van der Waals surface area contributed by atoms with Crippen LogP contribution in [0.3, 0.4) is 0 Å². The molecule has 2 aliphatic rings. The van der Waals surface area contributed by atoms with Gasteiger partial charge in [0.05, 0.1) is 6.04 Å². The van der Waals surface area contributed by atoms with Crippen molar-refractivity contribution in [3.05, 3.63) is 0 Å². The number of piperidine rings is 2. The summed E-state index contributed by atoms with van der Waals surface area (Å²) in [5.74, 6) is 1.02. The van der Waals surface area contributed by atoms with Crippen LogP contribution in [0.15, 0.2) is 0 Å². The number of hydrogen-bond donors (Lipinski definition) is 1. The third kappa shape index (κ3) is 2.57. The summed E-state index contributed by atoms with van der Waals surface area (Å²) in [7, 11) is 0. The van der Waals surface area contributed by atoms with Crippen molar-refractivity contribution in [2.24, 2.45) is 5.92 Å². The average molecular weight is 224 g/mol. The van der Waals surface area contributed by atoms with E-state index < -0.39 is 0 Å². The van der Waals surface area contributed by atoms with Crippen LogP contribution in [0.5, 0.6) is 0 Å².